The fraction of sp³-hybridized carbons (Fsp3) is 0.250. The highest BCUT2D eigenvalue weighted by Gasteiger charge is 2.12. The van der Waals surface area contributed by atoms with Gasteiger partial charge >= 0.3 is 0 Å². The van der Waals surface area contributed by atoms with Crippen LogP contribution in [0.15, 0.2) is 48.0 Å². The first-order valence-corrected chi connectivity index (χ1v) is 11.0. The van der Waals surface area contributed by atoms with Crippen LogP contribution >= 0.6 is 11.3 Å². The molecule has 2 aromatic carbocycles. The Hall–Kier alpha value is -3.70. The maximum absolute atomic E-state index is 12.4. The van der Waals surface area contributed by atoms with E-state index in [9.17, 15) is 10.1 Å². The predicted octanol–water partition coefficient (Wildman–Crippen LogP) is 4.72. The molecule has 0 unspecified atom stereocenters. The van der Waals surface area contributed by atoms with Crippen LogP contribution in [-0.2, 0) is 11.2 Å². The molecule has 0 aliphatic carbocycles. The number of anilines is 1. The molecule has 1 amide bonds. The highest BCUT2D eigenvalue weighted by atomic mass is 32.1. The van der Waals surface area contributed by atoms with Gasteiger partial charge in [0.15, 0.2) is 0 Å². The van der Waals surface area contributed by atoms with E-state index in [4.69, 9.17) is 9.47 Å². The Bertz CT molecular complexity index is 1160. The van der Waals surface area contributed by atoms with E-state index < -0.39 is 5.91 Å². The average Bonchev–Trinajstić information content (AvgIpc) is 3.25. The number of nitrogens with zero attached hydrogens (tertiary/aromatic N) is 3. The van der Waals surface area contributed by atoms with Gasteiger partial charge in [-0.05, 0) is 67.3 Å². The molecule has 0 spiro atoms. The topological polar surface area (TPSA) is 97.1 Å². The van der Waals surface area contributed by atoms with E-state index in [-0.39, 0.29) is 5.57 Å². The van der Waals surface area contributed by atoms with Crippen molar-refractivity contribution < 1.29 is 14.3 Å². The summed E-state index contributed by atoms with van der Waals surface area (Å²) in [6.07, 6.45) is 2.24. The zero-order chi connectivity index (χ0) is 22.9. The summed E-state index contributed by atoms with van der Waals surface area (Å²) in [4.78, 5) is 12.4. The highest BCUT2D eigenvalue weighted by molar-refractivity contribution is 7.15. The Morgan fingerprint density at radius 3 is 2.50 bits per heavy atom. The van der Waals surface area contributed by atoms with Crippen LogP contribution in [0.2, 0.25) is 0 Å². The highest BCUT2D eigenvalue weighted by Crippen LogP contribution is 2.19. The predicted molar refractivity (Wildman–Crippen MR) is 125 cm³/mol. The maximum Gasteiger partial charge on any atom is 0.268 e. The van der Waals surface area contributed by atoms with Crippen LogP contribution in [0.3, 0.4) is 0 Å². The first-order chi connectivity index (χ1) is 15.5. The van der Waals surface area contributed by atoms with Gasteiger partial charge in [-0.1, -0.05) is 36.5 Å². The minimum absolute atomic E-state index is 0.0338. The van der Waals surface area contributed by atoms with Crippen molar-refractivity contribution in [2.24, 2.45) is 0 Å². The van der Waals surface area contributed by atoms with Crippen LogP contribution in [0.4, 0.5) is 5.13 Å². The molecule has 0 aliphatic heterocycles. The molecule has 0 radical (unpaired) electrons. The van der Waals surface area contributed by atoms with Gasteiger partial charge in [0.05, 0.1) is 0 Å². The van der Waals surface area contributed by atoms with Crippen molar-refractivity contribution in [1.29, 1.82) is 5.26 Å². The molecule has 32 heavy (non-hydrogen) atoms. The van der Waals surface area contributed by atoms with Crippen LogP contribution in [0.25, 0.3) is 6.08 Å². The lowest BCUT2D eigenvalue weighted by Gasteiger charge is -2.10. The van der Waals surface area contributed by atoms with E-state index >= 15 is 0 Å². The molecular formula is C24H24N4O3S. The Balaban J connectivity index is 1.57. The monoisotopic (exact) mass is 448 g/mol. The van der Waals surface area contributed by atoms with E-state index in [0.717, 1.165) is 17.2 Å². The van der Waals surface area contributed by atoms with Gasteiger partial charge in [0.1, 0.15) is 41.4 Å². The summed E-state index contributed by atoms with van der Waals surface area (Å²) in [5, 5.41) is 21.1. The zero-order valence-corrected chi connectivity index (χ0v) is 19.0. The third-order valence-corrected chi connectivity index (χ3v) is 5.61. The average molecular weight is 449 g/mol. The Morgan fingerprint density at radius 1 is 1.09 bits per heavy atom. The number of ether oxygens (including phenoxy) is 2. The molecule has 0 saturated heterocycles. The number of amides is 1. The fourth-order valence-corrected chi connectivity index (χ4v) is 3.42. The molecule has 3 rings (SSSR count). The smallest absolute Gasteiger partial charge is 0.268 e. The summed E-state index contributed by atoms with van der Waals surface area (Å²) >= 11 is 1.29. The molecule has 0 atom stereocenters. The molecule has 1 heterocycles. The summed E-state index contributed by atoms with van der Waals surface area (Å²) in [5.41, 5.74) is 3.04. The van der Waals surface area contributed by atoms with Crippen LogP contribution in [-0.4, -0.2) is 29.3 Å². The van der Waals surface area contributed by atoms with Gasteiger partial charge in [-0.25, -0.2) is 0 Å². The summed E-state index contributed by atoms with van der Waals surface area (Å²) in [6, 6.07) is 15.1. The largest absolute Gasteiger partial charge is 0.490 e. The van der Waals surface area contributed by atoms with Crippen LogP contribution in [0, 0.1) is 25.2 Å². The quantitative estimate of drug-likeness (QED) is 0.289. The van der Waals surface area contributed by atoms with Gasteiger partial charge in [0.2, 0.25) is 5.13 Å². The van der Waals surface area contributed by atoms with Gasteiger partial charge in [-0.3, -0.25) is 10.1 Å². The Labute approximate surface area is 191 Å². The minimum Gasteiger partial charge on any atom is -0.490 e. The number of nitrogens with one attached hydrogen (secondary N) is 1. The standard InChI is InChI=1S/C24H24N4O3S/c1-4-22-27-28-24(32-22)26-23(29)19(15-25)13-18-6-5-7-20(14-18)30-10-11-31-21-9-8-16(2)17(3)12-21/h5-9,12-14H,4,10-11H2,1-3H3,(H,26,28,29)/b19-13-. The summed E-state index contributed by atoms with van der Waals surface area (Å²) in [7, 11) is 0. The number of aromatic nitrogens is 2. The lowest BCUT2D eigenvalue weighted by Crippen LogP contribution is -2.13. The Kier molecular flexibility index (Phi) is 7.95. The van der Waals surface area contributed by atoms with Crippen molar-refractivity contribution in [3.05, 3.63) is 69.7 Å². The molecule has 0 bridgehead atoms. The van der Waals surface area contributed by atoms with Crippen LogP contribution in [0.5, 0.6) is 11.5 Å². The number of nitriles is 1. The number of hydrogen-bond donors (Lipinski definition) is 1. The normalized spacial score (nSPS) is 11.0. The summed E-state index contributed by atoms with van der Waals surface area (Å²) < 4.78 is 11.5. The van der Waals surface area contributed by atoms with E-state index in [1.165, 1.54) is 28.5 Å². The first kappa shape index (κ1) is 23.0. The van der Waals surface area contributed by atoms with Crippen molar-refractivity contribution >= 4 is 28.5 Å². The molecule has 0 fully saturated rings. The molecule has 3 aromatic rings. The van der Waals surface area contributed by atoms with Crippen molar-refractivity contribution in [1.82, 2.24) is 10.2 Å². The number of aryl methyl sites for hydroxylation is 3. The van der Waals surface area contributed by atoms with Crippen molar-refractivity contribution in [2.75, 3.05) is 18.5 Å². The van der Waals surface area contributed by atoms with E-state index in [1.807, 2.05) is 44.2 Å². The van der Waals surface area contributed by atoms with E-state index in [1.54, 1.807) is 18.2 Å². The van der Waals surface area contributed by atoms with Gasteiger partial charge in [0, 0.05) is 0 Å². The fourth-order valence-electron chi connectivity index (χ4n) is 2.74. The minimum atomic E-state index is -0.528. The first-order valence-electron chi connectivity index (χ1n) is 10.2. The number of hydrogen-bond acceptors (Lipinski definition) is 7. The summed E-state index contributed by atoms with van der Waals surface area (Å²) in [6.45, 7) is 6.82. The lowest BCUT2D eigenvalue weighted by molar-refractivity contribution is -0.112. The maximum atomic E-state index is 12.4. The molecule has 1 N–H and O–H groups in total. The molecule has 164 valence electrons. The van der Waals surface area contributed by atoms with Crippen molar-refractivity contribution in [3.63, 3.8) is 0 Å². The van der Waals surface area contributed by atoms with E-state index in [2.05, 4.69) is 22.4 Å². The molecular weight excluding hydrogens is 424 g/mol. The number of carbonyl (C=O) groups is 1. The second kappa shape index (κ2) is 11.1. The molecule has 0 saturated carbocycles. The lowest BCUT2D eigenvalue weighted by atomic mass is 10.1. The van der Waals surface area contributed by atoms with Gasteiger partial charge < -0.3 is 9.47 Å². The van der Waals surface area contributed by atoms with Crippen molar-refractivity contribution in [3.8, 4) is 17.6 Å². The molecule has 7 nitrogen and oxygen atoms in total. The van der Waals surface area contributed by atoms with Gasteiger partial charge in [-0.2, -0.15) is 5.26 Å². The third kappa shape index (κ3) is 6.40. The Morgan fingerprint density at radius 2 is 1.84 bits per heavy atom. The molecule has 1 aromatic heterocycles. The van der Waals surface area contributed by atoms with Gasteiger partial charge in [-0.15, -0.1) is 10.2 Å². The van der Waals surface area contributed by atoms with Crippen LogP contribution in [0.1, 0.15) is 28.6 Å². The SMILES string of the molecule is CCc1nnc(NC(=O)/C(C#N)=C\c2cccc(OCCOc3ccc(C)c(C)c3)c2)s1. The number of rotatable bonds is 9. The van der Waals surface area contributed by atoms with E-state index in [0.29, 0.717) is 29.7 Å². The molecule has 8 heteroatoms. The molecule has 0 aliphatic rings. The third-order valence-electron chi connectivity index (χ3n) is 4.62. The number of carbonyl (C=O) groups excluding carboxylic acids is 1. The van der Waals surface area contributed by atoms with Crippen LogP contribution < -0.4 is 14.8 Å². The van der Waals surface area contributed by atoms with Crippen molar-refractivity contribution in [2.45, 2.75) is 27.2 Å². The van der Waals surface area contributed by atoms with Gasteiger partial charge in [0.25, 0.3) is 5.91 Å². The second-order valence-corrected chi connectivity index (χ2v) is 8.06. The number of benzene rings is 2. The zero-order valence-electron chi connectivity index (χ0n) is 18.2. The second-order valence-electron chi connectivity index (χ2n) is 6.99. The summed E-state index contributed by atoms with van der Waals surface area (Å²) in [5.74, 6) is 0.899.